The van der Waals surface area contributed by atoms with E-state index < -0.39 is 5.60 Å². The summed E-state index contributed by atoms with van der Waals surface area (Å²) in [6, 6.07) is 13.6. The van der Waals surface area contributed by atoms with Gasteiger partial charge in [-0.25, -0.2) is 0 Å². The van der Waals surface area contributed by atoms with Crippen LogP contribution in [0.5, 0.6) is 5.75 Å². The highest BCUT2D eigenvalue weighted by Crippen LogP contribution is 2.20. The standard InChI is InChI=1S/C17H17ClO3.ClH/c1-17(2,11-19)21-15-9-5-13(6-10-15)16(20)12-3-7-14(18)8-4-12;/h3-10,19H,11H2,1-2H3;1H. The molecule has 0 aliphatic carbocycles. The SMILES string of the molecule is CC(C)(CO)Oc1ccc(C(=O)c2ccc(Cl)cc2)cc1.Cl. The summed E-state index contributed by atoms with van der Waals surface area (Å²) >= 11 is 5.81. The minimum Gasteiger partial charge on any atom is -0.485 e. The van der Waals surface area contributed by atoms with Crippen molar-refractivity contribution in [2.75, 3.05) is 6.61 Å². The first kappa shape index (κ1) is 18.5. The van der Waals surface area contributed by atoms with Gasteiger partial charge in [0.15, 0.2) is 5.78 Å². The summed E-state index contributed by atoms with van der Waals surface area (Å²) in [6.07, 6.45) is 0. The van der Waals surface area contributed by atoms with E-state index in [0.717, 1.165) is 0 Å². The lowest BCUT2D eigenvalue weighted by molar-refractivity contribution is 0.0412. The second kappa shape index (κ2) is 7.63. The molecular formula is C17H18Cl2O3. The average Bonchev–Trinajstić information content (AvgIpc) is 2.48. The van der Waals surface area contributed by atoms with Crippen molar-refractivity contribution < 1.29 is 14.6 Å². The topological polar surface area (TPSA) is 46.5 Å². The van der Waals surface area contributed by atoms with E-state index in [1.807, 2.05) is 0 Å². The summed E-state index contributed by atoms with van der Waals surface area (Å²) in [5.41, 5.74) is 0.511. The third-order valence-corrected chi connectivity index (χ3v) is 3.25. The van der Waals surface area contributed by atoms with Gasteiger partial charge in [-0.3, -0.25) is 4.79 Å². The number of ether oxygens (including phenoxy) is 1. The Hall–Kier alpha value is -1.55. The van der Waals surface area contributed by atoms with Crippen LogP contribution in [0.3, 0.4) is 0 Å². The van der Waals surface area contributed by atoms with E-state index in [4.69, 9.17) is 16.3 Å². The number of aliphatic hydroxyl groups is 1. The molecule has 5 heteroatoms. The molecule has 0 saturated carbocycles. The van der Waals surface area contributed by atoms with Crippen LogP contribution in [-0.2, 0) is 0 Å². The highest BCUT2D eigenvalue weighted by molar-refractivity contribution is 6.30. The maximum absolute atomic E-state index is 12.3. The number of carbonyl (C=O) groups excluding carboxylic acids is 1. The van der Waals surface area contributed by atoms with Crippen molar-refractivity contribution in [3.05, 3.63) is 64.7 Å². The fourth-order valence-electron chi connectivity index (χ4n) is 1.79. The summed E-state index contributed by atoms with van der Waals surface area (Å²) in [6.45, 7) is 3.50. The zero-order chi connectivity index (χ0) is 15.5. The van der Waals surface area contributed by atoms with Gasteiger partial charge in [-0.05, 0) is 62.4 Å². The van der Waals surface area contributed by atoms with Gasteiger partial charge in [0.05, 0.1) is 6.61 Å². The minimum absolute atomic E-state index is 0. The fourth-order valence-corrected chi connectivity index (χ4v) is 1.92. The lowest BCUT2D eigenvalue weighted by Crippen LogP contribution is -2.32. The molecule has 0 amide bonds. The number of hydrogen-bond donors (Lipinski definition) is 1. The predicted octanol–water partition coefficient (Wildman–Crippen LogP) is 4.14. The van der Waals surface area contributed by atoms with Crippen LogP contribution in [0, 0.1) is 0 Å². The van der Waals surface area contributed by atoms with Gasteiger partial charge in [0.2, 0.25) is 0 Å². The molecule has 0 bridgehead atoms. The number of benzene rings is 2. The van der Waals surface area contributed by atoms with Crippen LogP contribution >= 0.6 is 24.0 Å². The summed E-state index contributed by atoms with van der Waals surface area (Å²) < 4.78 is 5.63. The second-order valence-electron chi connectivity index (χ2n) is 5.38. The smallest absolute Gasteiger partial charge is 0.193 e. The molecule has 0 saturated heterocycles. The summed E-state index contributed by atoms with van der Waals surface area (Å²) in [5.74, 6) is 0.543. The zero-order valence-corrected chi connectivity index (χ0v) is 13.9. The van der Waals surface area contributed by atoms with Gasteiger partial charge in [0.1, 0.15) is 11.4 Å². The number of rotatable bonds is 5. The lowest BCUT2D eigenvalue weighted by atomic mass is 10.0. The Labute approximate surface area is 141 Å². The molecule has 0 aromatic heterocycles. The third kappa shape index (κ3) is 4.73. The van der Waals surface area contributed by atoms with Crippen LogP contribution in [0.25, 0.3) is 0 Å². The minimum atomic E-state index is -0.651. The van der Waals surface area contributed by atoms with Gasteiger partial charge >= 0.3 is 0 Å². The van der Waals surface area contributed by atoms with Crippen LogP contribution < -0.4 is 4.74 Å². The predicted molar refractivity (Wildman–Crippen MR) is 90.4 cm³/mol. The van der Waals surface area contributed by atoms with Crippen molar-refractivity contribution >= 4 is 29.8 Å². The molecular weight excluding hydrogens is 323 g/mol. The molecule has 0 aliphatic rings. The summed E-state index contributed by atoms with van der Waals surface area (Å²) in [4.78, 5) is 12.3. The molecule has 0 aliphatic heterocycles. The van der Waals surface area contributed by atoms with E-state index in [0.29, 0.717) is 21.9 Å². The maximum Gasteiger partial charge on any atom is 0.193 e. The van der Waals surface area contributed by atoms with E-state index >= 15 is 0 Å². The number of aliphatic hydroxyl groups excluding tert-OH is 1. The third-order valence-electron chi connectivity index (χ3n) is 3.00. The Bertz CT molecular complexity index is 619. The fraction of sp³-hybridized carbons (Fsp3) is 0.235. The van der Waals surface area contributed by atoms with Crippen LogP contribution in [0.4, 0.5) is 0 Å². The highest BCUT2D eigenvalue weighted by Gasteiger charge is 2.18. The van der Waals surface area contributed by atoms with E-state index in [9.17, 15) is 9.90 Å². The van der Waals surface area contributed by atoms with Gasteiger partial charge in [0.25, 0.3) is 0 Å². The van der Waals surface area contributed by atoms with E-state index in [1.165, 1.54) is 0 Å². The van der Waals surface area contributed by atoms with E-state index in [-0.39, 0.29) is 24.8 Å². The molecule has 1 N–H and O–H groups in total. The van der Waals surface area contributed by atoms with Crippen molar-refractivity contribution in [2.45, 2.75) is 19.4 Å². The van der Waals surface area contributed by atoms with Gasteiger partial charge in [-0.2, -0.15) is 0 Å². The van der Waals surface area contributed by atoms with Crippen LogP contribution in [0.2, 0.25) is 5.02 Å². The Morgan fingerprint density at radius 2 is 1.50 bits per heavy atom. The molecule has 0 unspecified atom stereocenters. The van der Waals surface area contributed by atoms with Gasteiger partial charge in [-0.1, -0.05) is 11.6 Å². The van der Waals surface area contributed by atoms with Crippen molar-refractivity contribution in [1.82, 2.24) is 0 Å². The lowest BCUT2D eigenvalue weighted by Gasteiger charge is -2.23. The molecule has 2 rings (SSSR count). The Kier molecular flexibility index (Phi) is 6.42. The molecule has 0 spiro atoms. The number of halogens is 2. The van der Waals surface area contributed by atoms with Crippen LogP contribution in [-0.4, -0.2) is 23.1 Å². The molecule has 0 radical (unpaired) electrons. The molecule has 22 heavy (non-hydrogen) atoms. The highest BCUT2D eigenvalue weighted by atomic mass is 35.5. The molecule has 0 fully saturated rings. The average molecular weight is 341 g/mol. The molecule has 3 nitrogen and oxygen atoms in total. The van der Waals surface area contributed by atoms with Crippen molar-refractivity contribution in [2.24, 2.45) is 0 Å². The second-order valence-corrected chi connectivity index (χ2v) is 5.82. The molecule has 0 heterocycles. The van der Waals surface area contributed by atoms with E-state index in [1.54, 1.807) is 62.4 Å². The number of hydrogen-bond acceptors (Lipinski definition) is 3. The van der Waals surface area contributed by atoms with Gasteiger partial charge in [0, 0.05) is 16.1 Å². The molecule has 118 valence electrons. The monoisotopic (exact) mass is 340 g/mol. The molecule has 2 aromatic rings. The van der Waals surface area contributed by atoms with Crippen molar-refractivity contribution in [3.63, 3.8) is 0 Å². The molecule has 2 aromatic carbocycles. The van der Waals surface area contributed by atoms with E-state index in [2.05, 4.69) is 0 Å². The summed E-state index contributed by atoms with van der Waals surface area (Å²) in [5, 5.41) is 9.78. The zero-order valence-electron chi connectivity index (χ0n) is 12.4. The maximum atomic E-state index is 12.3. The number of carbonyl (C=O) groups is 1. The quantitative estimate of drug-likeness (QED) is 0.832. The Morgan fingerprint density at radius 1 is 1.05 bits per heavy atom. The first-order valence-electron chi connectivity index (χ1n) is 6.61. The van der Waals surface area contributed by atoms with Gasteiger partial charge < -0.3 is 9.84 Å². The summed E-state index contributed by atoms with van der Waals surface area (Å²) in [7, 11) is 0. The van der Waals surface area contributed by atoms with Crippen LogP contribution in [0.1, 0.15) is 29.8 Å². The Morgan fingerprint density at radius 3 is 1.95 bits per heavy atom. The molecule has 0 atom stereocenters. The van der Waals surface area contributed by atoms with Crippen LogP contribution in [0.15, 0.2) is 48.5 Å². The normalized spacial score (nSPS) is 10.7. The van der Waals surface area contributed by atoms with Gasteiger partial charge in [-0.15, -0.1) is 12.4 Å². The van der Waals surface area contributed by atoms with Crippen molar-refractivity contribution in [1.29, 1.82) is 0 Å². The largest absolute Gasteiger partial charge is 0.485 e. The first-order valence-corrected chi connectivity index (χ1v) is 6.99. The van der Waals surface area contributed by atoms with Crippen molar-refractivity contribution in [3.8, 4) is 5.75 Å². The Balaban J connectivity index is 0.00000242. The number of ketones is 1. The first-order chi connectivity index (χ1) is 9.91.